The molecule has 1 saturated heterocycles. The lowest BCUT2D eigenvalue weighted by atomic mass is 10.1. The fourth-order valence-electron chi connectivity index (χ4n) is 4.44. The highest BCUT2D eigenvalue weighted by molar-refractivity contribution is 14.0. The molecule has 1 amide bonds. The minimum Gasteiger partial charge on any atom is -0.354 e. The van der Waals surface area contributed by atoms with Crippen molar-refractivity contribution < 1.29 is 4.79 Å². The predicted octanol–water partition coefficient (Wildman–Crippen LogP) is 4.68. The number of carbonyl (C=O) groups is 1. The van der Waals surface area contributed by atoms with E-state index in [9.17, 15) is 4.79 Å². The number of aliphatic imine (C=N–C) groups is 1. The van der Waals surface area contributed by atoms with E-state index in [4.69, 9.17) is 0 Å². The number of likely N-dealkylation sites (tertiary alicyclic amines) is 1. The number of likely N-dealkylation sites (N-methyl/N-ethyl adjacent to an activating group) is 1. The Balaban J connectivity index is 0.00000408. The summed E-state index contributed by atoms with van der Waals surface area (Å²) in [5.41, 5.74) is 3.20. The Morgan fingerprint density at radius 3 is 2.21 bits per heavy atom. The average Bonchev–Trinajstić information content (AvgIpc) is 2.89. The van der Waals surface area contributed by atoms with E-state index in [0.29, 0.717) is 6.54 Å². The van der Waals surface area contributed by atoms with Crippen molar-refractivity contribution in [1.82, 2.24) is 20.4 Å². The molecule has 0 aliphatic carbocycles. The largest absolute Gasteiger partial charge is 0.354 e. The molecular formula is C27H40IN5O. The van der Waals surface area contributed by atoms with E-state index in [-0.39, 0.29) is 35.9 Å². The fourth-order valence-corrected chi connectivity index (χ4v) is 4.44. The maximum Gasteiger partial charge on any atom is 0.253 e. The highest BCUT2D eigenvalue weighted by Gasteiger charge is 2.19. The van der Waals surface area contributed by atoms with E-state index >= 15 is 0 Å². The van der Waals surface area contributed by atoms with E-state index < -0.39 is 0 Å². The topological polar surface area (TPSA) is 60.0 Å². The average molecular weight is 578 g/mol. The standard InChI is InChI=1S/C27H39N5O.HI/c1-4-31(5-2)25(23-12-8-6-9-13-23)21-30-27(28-3)29-20-22-14-16-24(17-15-22)26(33)32-18-10-7-11-19-32;/h6,8-9,12-17,25H,4-5,7,10-11,18-21H2,1-3H3,(H2,28,29,30);1H. The van der Waals surface area contributed by atoms with Gasteiger partial charge >= 0.3 is 0 Å². The first-order chi connectivity index (χ1) is 16.2. The van der Waals surface area contributed by atoms with Gasteiger partial charge in [0.05, 0.1) is 6.04 Å². The molecule has 1 aliphatic heterocycles. The number of rotatable bonds is 9. The van der Waals surface area contributed by atoms with Crippen LogP contribution in [-0.4, -0.2) is 61.4 Å². The van der Waals surface area contributed by atoms with Crippen molar-refractivity contribution in [3.63, 3.8) is 0 Å². The number of benzene rings is 2. The predicted molar refractivity (Wildman–Crippen MR) is 152 cm³/mol. The van der Waals surface area contributed by atoms with Gasteiger partial charge in [-0.15, -0.1) is 24.0 Å². The third-order valence-electron chi connectivity index (χ3n) is 6.43. The minimum atomic E-state index is 0. The molecule has 1 fully saturated rings. The summed E-state index contributed by atoms with van der Waals surface area (Å²) < 4.78 is 0. The minimum absolute atomic E-state index is 0. The van der Waals surface area contributed by atoms with Crippen LogP contribution in [0, 0.1) is 0 Å². The molecule has 1 aliphatic rings. The van der Waals surface area contributed by atoms with Crippen molar-refractivity contribution in [2.24, 2.45) is 4.99 Å². The van der Waals surface area contributed by atoms with Crippen LogP contribution in [0.3, 0.4) is 0 Å². The number of guanidine groups is 1. The van der Waals surface area contributed by atoms with E-state index in [1.807, 2.05) is 29.2 Å². The monoisotopic (exact) mass is 577 g/mol. The van der Waals surface area contributed by atoms with Crippen LogP contribution in [0.1, 0.15) is 60.6 Å². The second-order valence-electron chi connectivity index (χ2n) is 8.50. The van der Waals surface area contributed by atoms with Gasteiger partial charge in [0.2, 0.25) is 0 Å². The normalized spacial score (nSPS) is 14.9. The molecule has 186 valence electrons. The van der Waals surface area contributed by atoms with Gasteiger partial charge in [-0.1, -0.05) is 56.3 Å². The lowest BCUT2D eigenvalue weighted by Crippen LogP contribution is -2.43. The lowest BCUT2D eigenvalue weighted by molar-refractivity contribution is 0.0724. The molecule has 6 nitrogen and oxygen atoms in total. The van der Waals surface area contributed by atoms with Gasteiger partial charge in [-0.05, 0) is 55.6 Å². The zero-order valence-electron chi connectivity index (χ0n) is 20.8. The molecule has 34 heavy (non-hydrogen) atoms. The fraction of sp³-hybridized carbons (Fsp3) is 0.481. The molecule has 1 heterocycles. The van der Waals surface area contributed by atoms with Gasteiger partial charge in [-0.25, -0.2) is 0 Å². The van der Waals surface area contributed by atoms with Crippen molar-refractivity contribution in [3.8, 4) is 0 Å². The first-order valence-corrected chi connectivity index (χ1v) is 12.3. The van der Waals surface area contributed by atoms with E-state index in [1.165, 1.54) is 12.0 Å². The summed E-state index contributed by atoms with van der Waals surface area (Å²) >= 11 is 0. The molecular weight excluding hydrogens is 537 g/mol. The van der Waals surface area contributed by atoms with E-state index in [0.717, 1.165) is 62.7 Å². The Morgan fingerprint density at radius 1 is 0.971 bits per heavy atom. The second kappa shape index (κ2) is 15.0. The molecule has 2 N–H and O–H groups in total. The SMILES string of the molecule is CCN(CC)C(CNC(=NC)NCc1ccc(C(=O)N2CCCCC2)cc1)c1ccccc1.I. The highest BCUT2D eigenvalue weighted by Crippen LogP contribution is 2.19. The van der Waals surface area contributed by atoms with Gasteiger partial charge in [0.25, 0.3) is 5.91 Å². The molecule has 1 unspecified atom stereocenters. The van der Waals surface area contributed by atoms with Gasteiger partial charge in [0.15, 0.2) is 5.96 Å². The van der Waals surface area contributed by atoms with Crippen molar-refractivity contribution in [2.75, 3.05) is 39.8 Å². The summed E-state index contributed by atoms with van der Waals surface area (Å²) in [5, 5.41) is 6.90. The summed E-state index contributed by atoms with van der Waals surface area (Å²) in [6, 6.07) is 18.8. The molecule has 3 rings (SSSR count). The van der Waals surface area contributed by atoms with Crippen molar-refractivity contribution in [3.05, 3.63) is 71.3 Å². The van der Waals surface area contributed by atoms with Crippen LogP contribution in [0.25, 0.3) is 0 Å². The Bertz CT molecular complexity index is 878. The van der Waals surface area contributed by atoms with Gasteiger partial charge in [0.1, 0.15) is 0 Å². The molecule has 0 spiro atoms. The zero-order chi connectivity index (χ0) is 23.5. The third-order valence-corrected chi connectivity index (χ3v) is 6.43. The first-order valence-electron chi connectivity index (χ1n) is 12.3. The molecule has 2 aromatic carbocycles. The Kier molecular flexibility index (Phi) is 12.4. The lowest BCUT2D eigenvalue weighted by Gasteiger charge is -2.30. The number of nitrogens with one attached hydrogen (secondary N) is 2. The van der Waals surface area contributed by atoms with Crippen molar-refractivity contribution in [1.29, 1.82) is 0 Å². The first kappa shape index (κ1) is 28.1. The second-order valence-corrected chi connectivity index (χ2v) is 8.50. The van der Waals surface area contributed by atoms with Crippen molar-refractivity contribution >= 4 is 35.8 Å². The van der Waals surface area contributed by atoms with Crippen LogP contribution in [0.5, 0.6) is 0 Å². The summed E-state index contributed by atoms with van der Waals surface area (Å²) in [4.78, 5) is 21.5. The van der Waals surface area contributed by atoms with Crippen LogP contribution in [0.15, 0.2) is 59.6 Å². The number of carbonyl (C=O) groups excluding carboxylic acids is 1. The number of hydrogen-bond donors (Lipinski definition) is 2. The molecule has 0 radical (unpaired) electrons. The molecule has 0 saturated carbocycles. The molecule has 2 aromatic rings. The van der Waals surface area contributed by atoms with Crippen molar-refractivity contribution in [2.45, 2.75) is 45.7 Å². The molecule has 7 heteroatoms. The van der Waals surface area contributed by atoms with Crippen LogP contribution in [0.4, 0.5) is 0 Å². The molecule has 0 aromatic heterocycles. The van der Waals surface area contributed by atoms with E-state index in [1.54, 1.807) is 7.05 Å². The smallest absolute Gasteiger partial charge is 0.253 e. The van der Waals surface area contributed by atoms with Gasteiger partial charge in [0, 0.05) is 38.8 Å². The van der Waals surface area contributed by atoms with Gasteiger partial charge in [-0.3, -0.25) is 14.7 Å². The number of piperidine rings is 1. The quantitative estimate of drug-likeness (QED) is 0.258. The van der Waals surface area contributed by atoms with Crippen LogP contribution in [0.2, 0.25) is 0 Å². The number of hydrogen-bond acceptors (Lipinski definition) is 3. The highest BCUT2D eigenvalue weighted by atomic mass is 127. The van der Waals surface area contributed by atoms with Gasteiger partial charge in [-0.2, -0.15) is 0 Å². The van der Waals surface area contributed by atoms with E-state index in [2.05, 4.69) is 64.7 Å². The number of halogens is 1. The molecule has 0 bridgehead atoms. The Hall–Kier alpha value is -2.13. The summed E-state index contributed by atoms with van der Waals surface area (Å²) in [7, 11) is 1.80. The Morgan fingerprint density at radius 2 is 1.62 bits per heavy atom. The number of nitrogens with zero attached hydrogens (tertiary/aromatic N) is 3. The van der Waals surface area contributed by atoms with Crippen LogP contribution in [-0.2, 0) is 6.54 Å². The molecule has 1 atom stereocenters. The Labute approximate surface area is 222 Å². The van der Waals surface area contributed by atoms with Crippen LogP contribution < -0.4 is 10.6 Å². The maximum absolute atomic E-state index is 12.7. The summed E-state index contributed by atoms with van der Waals surface area (Å²) in [5.74, 6) is 0.923. The zero-order valence-corrected chi connectivity index (χ0v) is 23.1. The maximum atomic E-state index is 12.7. The summed E-state index contributed by atoms with van der Waals surface area (Å²) in [6.07, 6.45) is 3.45. The van der Waals surface area contributed by atoms with Gasteiger partial charge < -0.3 is 15.5 Å². The van der Waals surface area contributed by atoms with Crippen LogP contribution >= 0.6 is 24.0 Å². The number of amides is 1. The third kappa shape index (κ3) is 7.98. The summed E-state index contributed by atoms with van der Waals surface area (Å²) in [6.45, 7) is 9.56.